The Morgan fingerprint density at radius 2 is 1.94 bits per heavy atom. The molecule has 0 saturated carbocycles. The Balaban J connectivity index is 1.46. The summed E-state index contributed by atoms with van der Waals surface area (Å²) in [4.78, 5) is 21.6. The van der Waals surface area contributed by atoms with Gasteiger partial charge in [0.25, 0.3) is 0 Å². The molecule has 3 aromatic rings. The summed E-state index contributed by atoms with van der Waals surface area (Å²) in [5, 5.41) is 12.5. The first-order chi connectivity index (χ1) is 17.3. The van der Waals surface area contributed by atoms with Crippen LogP contribution in [0.15, 0.2) is 67.0 Å². The van der Waals surface area contributed by atoms with Gasteiger partial charge in [-0.3, -0.25) is 9.78 Å². The molecule has 1 N–H and O–H groups in total. The zero-order chi connectivity index (χ0) is 25.3. The van der Waals surface area contributed by atoms with E-state index >= 15 is 0 Å². The Kier molecular flexibility index (Phi) is 6.27. The number of fused-ring (bicyclic) bond motifs is 3. The lowest BCUT2D eigenvalue weighted by atomic mass is 9.82. The molecule has 6 nitrogen and oxygen atoms in total. The van der Waals surface area contributed by atoms with Gasteiger partial charge in [-0.1, -0.05) is 18.2 Å². The van der Waals surface area contributed by atoms with Crippen molar-refractivity contribution < 1.29 is 18.0 Å². The van der Waals surface area contributed by atoms with E-state index in [0.29, 0.717) is 30.8 Å². The fraction of sp³-hybridized carbons (Fsp3) is 0.296. The summed E-state index contributed by atoms with van der Waals surface area (Å²) >= 11 is 0. The van der Waals surface area contributed by atoms with Gasteiger partial charge in [0.2, 0.25) is 5.91 Å². The van der Waals surface area contributed by atoms with E-state index < -0.39 is 17.7 Å². The maximum atomic E-state index is 13.4. The molecule has 5 rings (SSSR count). The smallest absolute Gasteiger partial charge is 0.367 e. The van der Waals surface area contributed by atoms with Crippen molar-refractivity contribution in [3.05, 3.63) is 89.2 Å². The number of amides is 1. The van der Waals surface area contributed by atoms with E-state index in [9.17, 15) is 23.2 Å². The van der Waals surface area contributed by atoms with Crippen molar-refractivity contribution in [2.24, 2.45) is 5.92 Å². The van der Waals surface area contributed by atoms with Crippen molar-refractivity contribution in [2.75, 3.05) is 29.4 Å². The first-order valence-electron chi connectivity index (χ1n) is 11.7. The van der Waals surface area contributed by atoms with Gasteiger partial charge in [-0.2, -0.15) is 18.4 Å². The molecule has 0 bridgehead atoms. The lowest BCUT2D eigenvalue weighted by Gasteiger charge is -2.49. The number of aromatic nitrogens is 1. The van der Waals surface area contributed by atoms with Gasteiger partial charge in [0.05, 0.1) is 28.8 Å². The minimum atomic E-state index is -4.45. The highest BCUT2D eigenvalue weighted by molar-refractivity contribution is 5.82. The van der Waals surface area contributed by atoms with Crippen LogP contribution in [0.25, 0.3) is 0 Å². The largest absolute Gasteiger partial charge is 0.416 e. The van der Waals surface area contributed by atoms with Crippen molar-refractivity contribution in [1.29, 1.82) is 5.26 Å². The summed E-state index contributed by atoms with van der Waals surface area (Å²) in [7, 11) is 0. The van der Waals surface area contributed by atoms with Gasteiger partial charge in [-0.05, 0) is 53.9 Å². The highest BCUT2D eigenvalue weighted by Crippen LogP contribution is 2.40. The Morgan fingerprint density at radius 3 is 2.69 bits per heavy atom. The van der Waals surface area contributed by atoms with Crippen LogP contribution in [0.1, 0.15) is 22.3 Å². The summed E-state index contributed by atoms with van der Waals surface area (Å²) in [6.45, 7) is 1.87. The number of para-hydroxylation sites is 1. The van der Waals surface area contributed by atoms with Crippen LogP contribution in [-0.4, -0.2) is 36.6 Å². The van der Waals surface area contributed by atoms with Crippen molar-refractivity contribution in [3.8, 4) is 6.07 Å². The highest BCUT2D eigenvalue weighted by Gasteiger charge is 2.43. The second-order valence-corrected chi connectivity index (χ2v) is 9.07. The molecule has 2 unspecified atom stereocenters. The minimum Gasteiger partial charge on any atom is -0.367 e. The Morgan fingerprint density at radius 1 is 1.11 bits per heavy atom. The molecule has 36 heavy (non-hydrogen) atoms. The maximum absolute atomic E-state index is 13.4. The first kappa shape index (κ1) is 23.7. The quantitative estimate of drug-likeness (QED) is 0.594. The van der Waals surface area contributed by atoms with Crippen molar-refractivity contribution >= 4 is 17.3 Å². The van der Waals surface area contributed by atoms with Gasteiger partial charge in [0.1, 0.15) is 6.07 Å². The monoisotopic (exact) mass is 491 g/mol. The lowest BCUT2D eigenvalue weighted by molar-refractivity contribution is -0.137. The number of hydrogen-bond donors (Lipinski definition) is 1. The standard InChI is InChI=1S/C27H24F3N5O/c28-27(29,30)21-7-8-24-20(12-21)13-22(26(36)33-16-18-4-3-9-32-15-18)25-17-34(10-11-35(24)25)23-6-2-1-5-19(23)14-31/h1-9,12,15,22,25H,10-11,13,16-17H2,(H,33,36). The van der Waals surface area contributed by atoms with Gasteiger partial charge in [-0.15, -0.1) is 0 Å². The van der Waals surface area contributed by atoms with E-state index in [2.05, 4.69) is 26.2 Å². The third kappa shape index (κ3) is 4.59. The fourth-order valence-electron chi connectivity index (χ4n) is 5.19. The number of pyridine rings is 1. The van der Waals surface area contributed by atoms with Crippen LogP contribution in [0.2, 0.25) is 0 Å². The van der Waals surface area contributed by atoms with E-state index in [-0.39, 0.29) is 24.9 Å². The number of carbonyl (C=O) groups is 1. The normalized spacial score (nSPS) is 19.2. The third-order valence-electron chi connectivity index (χ3n) is 6.93. The highest BCUT2D eigenvalue weighted by atomic mass is 19.4. The van der Waals surface area contributed by atoms with Crippen molar-refractivity contribution in [3.63, 3.8) is 0 Å². The molecule has 184 valence electrons. The molecule has 1 fully saturated rings. The zero-order valence-electron chi connectivity index (χ0n) is 19.4. The molecule has 1 saturated heterocycles. The summed E-state index contributed by atoms with van der Waals surface area (Å²) in [5.41, 5.74) is 2.73. The molecule has 9 heteroatoms. The second-order valence-electron chi connectivity index (χ2n) is 9.07. The summed E-state index contributed by atoms with van der Waals surface area (Å²) in [6.07, 6.45) is -0.939. The zero-order valence-corrected chi connectivity index (χ0v) is 19.4. The molecular weight excluding hydrogens is 467 g/mol. The lowest BCUT2D eigenvalue weighted by Crippen LogP contribution is -2.61. The van der Waals surface area contributed by atoms with Crippen molar-refractivity contribution in [1.82, 2.24) is 10.3 Å². The van der Waals surface area contributed by atoms with Gasteiger partial charge in [0, 0.05) is 44.3 Å². The number of carbonyl (C=O) groups excluding carboxylic acids is 1. The molecular formula is C27H24F3N5O. The summed E-state index contributed by atoms with van der Waals surface area (Å²) in [6, 6.07) is 16.7. The number of halogens is 3. The van der Waals surface area contributed by atoms with Crippen LogP contribution in [0, 0.1) is 17.2 Å². The molecule has 2 aliphatic heterocycles. The third-order valence-corrected chi connectivity index (χ3v) is 6.93. The molecule has 1 aromatic heterocycles. The number of nitriles is 1. The first-order valence-corrected chi connectivity index (χ1v) is 11.7. The second kappa shape index (κ2) is 9.53. The molecule has 1 amide bonds. The average molecular weight is 492 g/mol. The Labute approximate surface area is 207 Å². The van der Waals surface area contributed by atoms with E-state index in [1.807, 2.05) is 24.3 Å². The molecule has 2 aromatic carbocycles. The molecule has 0 spiro atoms. The number of anilines is 2. The summed E-state index contributed by atoms with van der Waals surface area (Å²) in [5.74, 6) is -0.776. The van der Waals surface area contributed by atoms with Gasteiger partial charge in [0.15, 0.2) is 0 Å². The Bertz CT molecular complexity index is 1300. The predicted molar refractivity (Wildman–Crippen MR) is 129 cm³/mol. The van der Waals surface area contributed by atoms with Gasteiger partial charge in [-0.25, -0.2) is 0 Å². The number of rotatable bonds is 4. The van der Waals surface area contributed by atoms with Crippen LogP contribution in [-0.2, 0) is 23.9 Å². The van der Waals surface area contributed by atoms with Crippen LogP contribution in [0.3, 0.4) is 0 Å². The number of hydrogen-bond acceptors (Lipinski definition) is 5. The molecule has 3 heterocycles. The topological polar surface area (TPSA) is 72.3 Å². The number of nitrogens with zero attached hydrogens (tertiary/aromatic N) is 4. The van der Waals surface area contributed by atoms with E-state index in [4.69, 9.17) is 0 Å². The molecule has 2 atom stereocenters. The van der Waals surface area contributed by atoms with E-state index in [0.717, 1.165) is 23.0 Å². The van der Waals surface area contributed by atoms with Crippen LogP contribution >= 0.6 is 0 Å². The number of piperazine rings is 1. The number of nitrogens with one attached hydrogen (secondary N) is 1. The number of alkyl halides is 3. The fourth-order valence-corrected chi connectivity index (χ4v) is 5.19. The average Bonchev–Trinajstić information content (AvgIpc) is 2.90. The maximum Gasteiger partial charge on any atom is 0.416 e. The van der Waals surface area contributed by atoms with Gasteiger partial charge >= 0.3 is 6.18 Å². The van der Waals surface area contributed by atoms with E-state index in [1.165, 1.54) is 12.1 Å². The van der Waals surface area contributed by atoms with Crippen LogP contribution in [0.4, 0.5) is 24.5 Å². The molecule has 2 aliphatic rings. The van der Waals surface area contributed by atoms with Gasteiger partial charge < -0.3 is 15.1 Å². The summed E-state index contributed by atoms with van der Waals surface area (Å²) < 4.78 is 40.3. The predicted octanol–water partition coefficient (Wildman–Crippen LogP) is 4.16. The van der Waals surface area contributed by atoms with Crippen LogP contribution in [0.5, 0.6) is 0 Å². The van der Waals surface area contributed by atoms with Crippen molar-refractivity contribution in [2.45, 2.75) is 25.2 Å². The van der Waals surface area contributed by atoms with E-state index in [1.54, 1.807) is 24.5 Å². The molecule has 0 radical (unpaired) electrons. The Hall–Kier alpha value is -4.06. The number of benzene rings is 2. The SMILES string of the molecule is N#Cc1ccccc1N1CCN2c3ccc(C(F)(F)F)cc3CC(C(=O)NCc3cccnc3)C2C1. The minimum absolute atomic E-state index is 0.201. The molecule has 0 aliphatic carbocycles. The van der Waals surface area contributed by atoms with Crippen LogP contribution < -0.4 is 15.1 Å².